The number of carbonyl (C=O) groups excluding carboxylic acids is 1. The standard InChI is InChI=1S/C17H17ClN4O/c18-12-4-5-14-15(10-19-16(14)9-12)17(23)22-8-1-3-13(22)11-21-7-2-6-20-21/h2,4-7,9-10,13,19H,1,3,8,11H2/t13-/m1/s1. The summed E-state index contributed by atoms with van der Waals surface area (Å²) in [7, 11) is 0. The Bertz CT molecular complexity index is 840. The molecule has 0 saturated carbocycles. The predicted molar refractivity (Wildman–Crippen MR) is 89.6 cm³/mol. The third-order valence-electron chi connectivity index (χ3n) is 4.47. The van der Waals surface area contributed by atoms with Gasteiger partial charge in [0.1, 0.15) is 0 Å². The van der Waals surface area contributed by atoms with Gasteiger partial charge in [-0.1, -0.05) is 17.7 Å². The highest BCUT2D eigenvalue weighted by atomic mass is 35.5. The average Bonchev–Trinajstić information content (AvgIpc) is 3.26. The number of hydrogen-bond donors (Lipinski definition) is 1. The first-order valence-electron chi connectivity index (χ1n) is 7.77. The van der Waals surface area contributed by atoms with Crippen molar-refractivity contribution in [2.24, 2.45) is 0 Å². The average molecular weight is 329 g/mol. The van der Waals surface area contributed by atoms with E-state index in [9.17, 15) is 4.79 Å². The number of carbonyl (C=O) groups is 1. The van der Waals surface area contributed by atoms with E-state index in [1.807, 2.05) is 40.0 Å². The van der Waals surface area contributed by atoms with Crippen LogP contribution in [0, 0.1) is 0 Å². The van der Waals surface area contributed by atoms with E-state index in [0.717, 1.165) is 36.8 Å². The van der Waals surface area contributed by atoms with Crippen molar-refractivity contribution < 1.29 is 4.79 Å². The molecule has 23 heavy (non-hydrogen) atoms. The van der Waals surface area contributed by atoms with Gasteiger partial charge in [-0.05, 0) is 31.0 Å². The Balaban J connectivity index is 1.61. The van der Waals surface area contributed by atoms with Crippen LogP contribution in [0.1, 0.15) is 23.2 Å². The third-order valence-corrected chi connectivity index (χ3v) is 4.70. The minimum atomic E-state index is 0.0771. The molecule has 3 heterocycles. The molecular weight excluding hydrogens is 312 g/mol. The van der Waals surface area contributed by atoms with Gasteiger partial charge in [0, 0.05) is 41.1 Å². The monoisotopic (exact) mass is 328 g/mol. The van der Waals surface area contributed by atoms with Gasteiger partial charge in [0.2, 0.25) is 0 Å². The zero-order valence-electron chi connectivity index (χ0n) is 12.6. The number of amides is 1. The lowest BCUT2D eigenvalue weighted by Crippen LogP contribution is -2.38. The van der Waals surface area contributed by atoms with Crippen molar-refractivity contribution in [3.63, 3.8) is 0 Å². The Kier molecular flexibility index (Phi) is 3.58. The number of hydrogen-bond acceptors (Lipinski definition) is 2. The van der Waals surface area contributed by atoms with E-state index in [1.165, 1.54) is 0 Å². The predicted octanol–water partition coefficient (Wildman–Crippen LogP) is 3.32. The van der Waals surface area contributed by atoms with Crippen LogP contribution in [0.5, 0.6) is 0 Å². The van der Waals surface area contributed by atoms with Crippen LogP contribution in [0.15, 0.2) is 42.9 Å². The van der Waals surface area contributed by atoms with Gasteiger partial charge in [0.25, 0.3) is 5.91 Å². The van der Waals surface area contributed by atoms with Crippen LogP contribution < -0.4 is 0 Å². The lowest BCUT2D eigenvalue weighted by molar-refractivity contribution is 0.0723. The highest BCUT2D eigenvalue weighted by Crippen LogP contribution is 2.26. The summed E-state index contributed by atoms with van der Waals surface area (Å²) in [4.78, 5) is 18.1. The van der Waals surface area contributed by atoms with Crippen LogP contribution in [0.4, 0.5) is 0 Å². The molecular formula is C17H17ClN4O. The van der Waals surface area contributed by atoms with E-state index < -0.39 is 0 Å². The summed E-state index contributed by atoms with van der Waals surface area (Å²) in [6.45, 7) is 1.54. The number of aromatic nitrogens is 3. The van der Waals surface area contributed by atoms with Crippen LogP contribution in [0.25, 0.3) is 10.9 Å². The van der Waals surface area contributed by atoms with Gasteiger partial charge in [-0.3, -0.25) is 9.48 Å². The summed E-state index contributed by atoms with van der Waals surface area (Å²) in [5.74, 6) is 0.0771. The lowest BCUT2D eigenvalue weighted by Gasteiger charge is -2.24. The van der Waals surface area contributed by atoms with Crippen molar-refractivity contribution in [2.75, 3.05) is 6.54 Å². The third kappa shape index (κ3) is 2.61. The Morgan fingerprint density at radius 3 is 3.17 bits per heavy atom. The minimum Gasteiger partial charge on any atom is -0.360 e. The molecule has 118 valence electrons. The molecule has 1 aliphatic heterocycles. The molecule has 1 aromatic carbocycles. The Morgan fingerprint density at radius 2 is 2.35 bits per heavy atom. The lowest BCUT2D eigenvalue weighted by atomic mass is 10.1. The van der Waals surface area contributed by atoms with Gasteiger partial charge < -0.3 is 9.88 Å². The van der Waals surface area contributed by atoms with E-state index in [4.69, 9.17) is 11.6 Å². The molecule has 0 aliphatic carbocycles. The number of halogens is 1. The molecule has 1 aliphatic rings. The van der Waals surface area contributed by atoms with Crippen molar-refractivity contribution in [3.8, 4) is 0 Å². The number of fused-ring (bicyclic) bond motifs is 1. The minimum absolute atomic E-state index is 0.0771. The molecule has 4 rings (SSSR count). The van der Waals surface area contributed by atoms with Crippen LogP contribution in [0.2, 0.25) is 5.02 Å². The molecule has 0 radical (unpaired) electrons. The van der Waals surface area contributed by atoms with E-state index in [0.29, 0.717) is 10.6 Å². The molecule has 1 amide bonds. The fourth-order valence-corrected chi connectivity index (χ4v) is 3.52. The molecule has 3 aromatic rings. The number of likely N-dealkylation sites (tertiary alicyclic amines) is 1. The number of benzene rings is 1. The summed E-state index contributed by atoms with van der Waals surface area (Å²) in [6, 6.07) is 7.67. The van der Waals surface area contributed by atoms with E-state index >= 15 is 0 Å². The normalized spacial score (nSPS) is 18.0. The summed E-state index contributed by atoms with van der Waals surface area (Å²) >= 11 is 6.01. The molecule has 5 nitrogen and oxygen atoms in total. The van der Waals surface area contributed by atoms with Crippen molar-refractivity contribution in [1.82, 2.24) is 19.7 Å². The van der Waals surface area contributed by atoms with Crippen molar-refractivity contribution >= 4 is 28.4 Å². The number of nitrogens with zero attached hydrogens (tertiary/aromatic N) is 3. The first-order valence-corrected chi connectivity index (χ1v) is 8.15. The molecule has 0 bridgehead atoms. The smallest absolute Gasteiger partial charge is 0.256 e. The maximum atomic E-state index is 13.0. The van der Waals surface area contributed by atoms with Crippen LogP contribution >= 0.6 is 11.6 Å². The summed E-state index contributed by atoms with van der Waals surface area (Å²) < 4.78 is 1.89. The summed E-state index contributed by atoms with van der Waals surface area (Å²) in [6.07, 6.45) is 7.54. The zero-order valence-corrected chi connectivity index (χ0v) is 13.3. The highest BCUT2D eigenvalue weighted by molar-refractivity contribution is 6.31. The summed E-state index contributed by atoms with van der Waals surface area (Å²) in [5, 5.41) is 5.84. The molecule has 1 atom stereocenters. The van der Waals surface area contributed by atoms with Gasteiger partial charge >= 0.3 is 0 Å². The quantitative estimate of drug-likeness (QED) is 0.802. The van der Waals surface area contributed by atoms with Crippen LogP contribution in [0.3, 0.4) is 0 Å². The molecule has 6 heteroatoms. The first-order chi connectivity index (χ1) is 11.2. The fraction of sp³-hybridized carbons (Fsp3) is 0.294. The van der Waals surface area contributed by atoms with Gasteiger partial charge in [-0.15, -0.1) is 0 Å². The Labute approximate surface area is 138 Å². The summed E-state index contributed by atoms with van der Waals surface area (Å²) in [5.41, 5.74) is 1.60. The molecule has 0 spiro atoms. The largest absolute Gasteiger partial charge is 0.360 e. The van der Waals surface area contributed by atoms with Crippen molar-refractivity contribution in [2.45, 2.75) is 25.4 Å². The maximum absolute atomic E-state index is 13.0. The Hall–Kier alpha value is -2.27. The number of aromatic amines is 1. The zero-order chi connectivity index (χ0) is 15.8. The molecule has 1 fully saturated rings. The van der Waals surface area contributed by atoms with Gasteiger partial charge in [-0.25, -0.2) is 0 Å². The van der Waals surface area contributed by atoms with Gasteiger partial charge in [0.05, 0.1) is 18.2 Å². The first kappa shape index (κ1) is 14.3. The van der Waals surface area contributed by atoms with Crippen LogP contribution in [-0.2, 0) is 6.54 Å². The molecule has 1 N–H and O–H groups in total. The van der Waals surface area contributed by atoms with Gasteiger partial charge in [0.15, 0.2) is 0 Å². The van der Waals surface area contributed by atoms with E-state index in [1.54, 1.807) is 12.4 Å². The molecule has 1 saturated heterocycles. The maximum Gasteiger partial charge on any atom is 0.256 e. The van der Waals surface area contributed by atoms with E-state index in [-0.39, 0.29) is 11.9 Å². The molecule has 0 unspecified atom stereocenters. The highest BCUT2D eigenvalue weighted by Gasteiger charge is 2.30. The second-order valence-electron chi connectivity index (χ2n) is 5.91. The van der Waals surface area contributed by atoms with Crippen molar-refractivity contribution in [3.05, 3.63) is 53.4 Å². The number of nitrogens with one attached hydrogen (secondary N) is 1. The number of rotatable bonds is 3. The fourth-order valence-electron chi connectivity index (χ4n) is 3.35. The second kappa shape index (κ2) is 5.74. The SMILES string of the molecule is O=C(c1c[nH]c2cc(Cl)ccc12)N1CCC[C@@H]1Cn1cccn1. The number of H-pyrrole nitrogens is 1. The van der Waals surface area contributed by atoms with Crippen LogP contribution in [-0.4, -0.2) is 38.2 Å². The second-order valence-corrected chi connectivity index (χ2v) is 6.35. The van der Waals surface area contributed by atoms with E-state index in [2.05, 4.69) is 10.1 Å². The topological polar surface area (TPSA) is 53.9 Å². The Morgan fingerprint density at radius 1 is 1.43 bits per heavy atom. The van der Waals surface area contributed by atoms with Crippen molar-refractivity contribution in [1.29, 1.82) is 0 Å². The van der Waals surface area contributed by atoms with Gasteiger partial charge in [-0.2, -0.15) is 5.10 Å². The molecule has 2 aromatic heterocycles.